The van der Waals surface area contributed by atoms with Gasteiger partial charge in [-0.2, -0.15) is 5.10 Å². The second-order valence-corrected chi connectivity index (χ2v) is 9.21. The highest BCUT2D eigenvalue weighted by atomic mass is 79.9. The van der Waals surface area contributed by atoms with Crippen LogP contribution in [0.4, 0.5) is 0 Å². The first-order valence-corrected chi connectivity index (χ1v) is 12.4. The van der Waals surface area contributed by atoms with Crippen LogP contribution in [0.2, 0.25) is 10.0 Å². The van der Waals surface area contributed by atoms with Gasteiger partial charge in [-0.1, -0.05) is 65.7 Å². The van der Waals surface area contributed by atoms with Crippen molar-refractivity contribution in [3.05, 3.63) is 104 Å². The topological polar surface area (TPSA) is 59.9 Å². The highest BCUT2D eigenvalue weighted by Gasteiger charge is 2.14. The fourth-order valence-electron chi connectivity index (χ4n) is 3.53. The van der Waals surface area contributed by atoms with E-state index in [2.05, 4.69) is 44.7 Å². The maximum Gasteiger partial charge on any atom is 0.272 e. The predicted octanol–water partition coefficient (Wildman–Crippen LogP) is 7.65. The number of hydrazone groups is 1. The fourth-order valence-corrected chi connectivity index (χ4v) is 4.60. The molecule has 0 unspecified atom stereocenters. The summed E-state index contributed by atoms with van der Waals surface area (Å²) in [7, 11) is 0. The zero-order valence-electron chi connectivity index (χ0n) is 18.7. The van der Waals surface area contributed by atoms with Crippen molar-refractivity contribution in [3.8, 4) is 11.5 Å². The number of benzene rings is 4. The number of halogens is 3. The van der Waals surface area contributed by atoms with Crippen LogP contribution in [0.25, 0.3) is 10.8 Å². The summed E-state index contributed by atoms with van der Waals surface area (Å²) < 4.78 is 12.7. The van der Waals surface area contributed by atoms with Gasteiger partial charge in [0.1, 0.15) is 6.61 Å². The van der Waals surface area contributed by atoms with Gasteiger partial charge in [-0.25, -0.2) is 5.43 Å². The third-order valence-corrected chi connectivity index (χ3v) is 6.28. The molecule has 0 aliphatic carbocycles. The molecule has 0 aliphatic heterocycles. The van der Waals surface area contributed by atoms with Crippen molar-refractivity contribution in [2.45, 2.75) is 13.5 Å². The summed E-state index contributed by atoms with van der Waals surface area (Å²) in [6, 6.07) is 22.6. The Bertz CT molecular complexity index is 1400. The molecule has 1 amide bonds. The molecule has 0 heterocycles. The Morgan fingerprint density at radius 2 is 1.83 bits per heavy atom. The molecule has 8 heteroatoms. The molecule has 1 N–H and O–H groups in total. The number of ether oxygens (including phenoxy) is 2. The monoisotopic (exact) mass is 570 g/mol. The lowest BCUT2D eigenvalue weighted by Crippen LogP contribution is -2.18. The number of carbonyl (C=O) groups is 1. The third kappa shape index (κ3) is 6.14. The van der Waals surface area contributed by atoms with Crippen molar-refractivity contribution in [1.82, 2.24) is 5.43 Å². The Hall–Kier alpha value is -3.06. The Morgan fingerprint density at radius 3 is 2.63 bits per heavy atom. The largest absolute Gasteiger partial charge is 0.490 e. The lowest BCUT2D eigenvalue weighted by Gasteiger charge is -2.15. The minimum absolute atomic E-state index is 0.249. The van der Waals surface area contributed by atoms with Gasteiger partial charge >= 0.3 is 0 Å². The van der Waals surface area contributed by atoms with Crippen LogP contribution in [0, 0.1) is 0 Å². The maximum absolute atomic E-state index is 12.4. The predicted molar refractivity (Wildman–Crippen MR) is 145 cm³/mol. The molecule has 0 saturated heterocycles. The van der Waals surface area contributed by atoms with Gasteiger partial charge in [0.15, 0.2) is 11.5 Å². The number of hydrogen-bond donors (Lipinski definition) is 1. The van der Waals surface area contributed by atoms with E-state index in [1.165, 1.54) is 12.3 Å². The summed E-state index contributed by atoms with van der Waals surface area (Å²) in [6.45, 7) is 2.74. The number of rotatable bonds is 8. The van der Waals surface area contributed by atoms with Crippen molar-refractivity contribution in [2.24, 2.45) is 5.10 Å². The Kier molecular flexibility index (Phi) is 8.29. The number of nitrogens with one attached hydrogen (secondary N) is 1. The zero-order valence-corrected chi connectivity index (χ0v) is 21.8. The Labute approximate surface area is 221 Å². The summed E-state index contributed by atoms with van der Waals surface area (Å²) in [5.74, 6) is 0.714. The molecule has 0 atom stereocenters. The average Bonchev–Trinajstić information content (AvgIpc) is 2.83. The van der Waals surface area contributed by atoms with E-state index in [-0.39, 0.29) is 10.6 Å². The number of amides is 1. The average molecular weight is 572 g/mol. The molecule has 5 nitrogen and oxygen atoms in total. The molecule has 0 aromatic heterocycles. The number of nitrogens with zero attached hydrogens (tertiary/aromatic N) is 1. The van der Waals surface area contributed by atoms with Crippen LogP contribution in [-0.4, -0.2) is 18.7 Å². The minimum Gasteiger partial charge on any atom is -0.490 e. The normalized spacial score (nSPS) is 11.1. The van der Waals surface area contributed by atoms with Gasteiger partial charge < -0.3 is 9.47 Å². The highest BCUT2D eigenvalue weighted by molar-refractivity contribution is 9.10. The van der Waals surface area contributed by atoms with Crippen LogP contribution < -0.4 is 14.9 Å². The van der Waals surface area contributed by atoms with Gasteiger partial charge in [0, 0.05) is 5.02 Å². The fraction of sp³-hybridized carbons (Fsp3) is 0.111. The van der Waals surface area contributed by atoms with E-state index in [1.54, 1.807) is 18.2 Å². The molecule has 4 aromatic rings. The Morgan fingerprint density at radius 1 is 1.03 bits per heavy atom. The molecule has 35 heavy (non-hydrogen) atoms. The van der Waals surface area contributed by atoms with Crippen molar-refractivity contribution in [1.29, 1.82) is 0 Å². The van der Waals surface area contributed by atoms with Gasteiger partial charge in [-0.05, 0) is 75.1 Å². The molecule has 0 spiro atoms. The van der Waals surface area contributed by atoms with Crippen LogP contribution in [-0.2, 0) is 6.61 Å². The van der Waals surface area contributed by atoms with Crippen LogP contribution in [0.1, 0.15) is 28.4 Å². The number of hydrogen-bond acceptors (Lipinski definition) is 4. The first-order valence-electron chi connectivity index (χ1n) is 10.8. The number of fused-ring (bicyclic) bond motifs is 1. The van der Waals surface area contributed by atoms with Crippen molar-refractivity contribution >= 4 is 62.0 Å². The second kappa shape index (κ2) is 11.6. The molecule has 0 bridgehead atoms. The third-order valence-electron chi connectivity index (χ3n) is 5.14. The summed E-state index contributed by atoms with van der Waals surface area (Å²) in [5.41, 5.74) is 4.54. The van der Waals surface area contributed by atoms with Crippen LogP contribution >= 0.6 is 39.1 Å². The van der Waals surface area contributed by atoms with Crippen molar-refractivity contribution in [3.63, 3.8) is 0 Å². The van der Waals surface area contributed by atoms with Crippen molar-refractivity contribution in [2.75, 3.05) is 6.61 Å². The molecule has 0 saturated carbocycles. The SMILES string of the molecule is CCOc1cc(/C=N\NC(=O)c2ccc(Cl)cc2Cl)cc(Br)c1OCc1cccc2ccccc12. The Balaban J connectivity index is 1.51. The number of carbonyl (C=O) groups excluding carboxylic acids is 1. The summed E-state index contributed by atoms with van der Waals surface area (Å²) >= 11 is 15.6. The van der Waals surface area contributed by atoms with E-state index in [1.807, 2.05) is 37.3 Å². The quantitative estimate of drug-likeness (QED) is 0.174. The lowest BCUT2D eigenvalue weighted by molar-refractivity contribution is 0.0955. The lowest BCUT2D eigenvalue weighted by atomic mass is 10.1. The first-order chi connectivity index (χ1) is 17.0. The van der Waals surface area contributed by atoms with E-state index in [0.29, 0.717) is 39.8 Å². The minimum atomic E-state index is -0.443. The molecular weight excluding hydrogens is 551 g/mol. The summed E-state index contributed by atoms with van der Waals surface area (Å²) in [4.78, 5) is 12.4. The van der Waals surface area contributed by atoms with Crippen LogP contribution in [0.5, 0.6) is 11.5 Å². The molecule has 0 aliphatic rings. The van der Waals surface area contributed by atoms with E-state index in [9.17, 15) is 4.79 Å². The smallest absolute Gasteiger partial charge is 0.272 e. The molecule has 4 rings (SSSR count). The maximum atomic E-state index is 12.4. The molecule has 178 valence electrons. The van der Waals surface area contributed by atoms with Crippen molar-refractivity contribution < 1.29 is 14.3 Å². The molecule has 0 fully saturated rings. The van der Waals surface area contributed by atoms with Crippen LogP contribution in [0.15, 0.2) is 82.4 Å². The standard InChI is InChI=1S/C27H21BrCl2N2O3/c1-2-34-25-13-17(15-31-32-27(33)22-11-10-20(29)14-24(22)30)12-23(28)26(25)35-16-19-8-5-7-18-6-3-4-9-21(18)19/h3-15H,2,16H2,1H3,(H,32,33)/b31-15-. The van der Waals surface area contributed by atoms with Gasteiger partial charge in [0.2, 0.25) is 0 Å². The van der Waals surface area contributed by atoms with E-state index in [0.717, 1.165) is 16.3 Å². The van der Waals surface area contributed by atoms with Gasteiger partial charge in [0.25, 0.3) is 5.91 Å². The van der Waals surface area contributed by atoms with Crippen LogP contribution in [0.3, 0.4) is 0 Å². The molecule has 0 radical (unpaired) electrons. The van der Waals surface area contributed by atoms with E-state index < -0.39 is 5.91 Å². The second-order valence-electron chi connectivity index (χ2n) is 7.51. The summed E-state index contributed by atoms with van der Waals surface area (Å²) in [5, 5.41) is 7.05. The molecular formula is C27H21BrCl2N2O3. The van der Waals surface area contributed by atoms with E-state index in [4.69, 9.17) is 32.7 Å². The van der Waals surface area contributed by atoms with Gasteiger partial charge in [-0.15, -0.1) is 0 Å². The van der Waals surface area contributed by atoms with Gasteiger partial charge in [0.05, 0.1) is 27.9 Å². The summed E-state index contributed by atoms with van der Waals surface area (Å²) in [6.07, 6.45) is 1.52. The first kappa shape index (κ1) is 25.0. The highest BCUT2D eigenvalue weighted by Crippen LogP contribution is 2.37. The van der Waals surface area contributed by atoms with Gasteiger partial charge in [-0.3, -0.25) is 4.79 Å². The molecule has 4 aromatic carbocycles. The van der Waals surface area contributed by atoms with E-state index >= 15 is 0 Å². The zero-order chi connectivity index (χ0) is 24.8.